The summed E-state index contributed by atoms with van der Waals surface area (Å²) in [6.07, 6.45) is 0. The number of carbonyl (C=O) groups is 1. The Morgan fingerprint density at radius 1 is 1.04 bits per heavy atom. The van der Waals surface area contributed by atoms with E-state index in [0.717, 1.165) is 30.0 Å². The Morgan fingerprint density at radius 3 is 2.54 bits per heavy atom. The molecule has 2 aromatic carbocycles. The topological polar surface area (TPSA) is 41.6 Å². The molecule has 2 aromatic rings. The Kier molecular flexibility index (Phi) is 7.30. The molecule has 0 saturated carbocycles. The van der Waals surface area contributed by atoms with E-state index in [1.54, 1.807) is 0 Å². The Bertz CT molecular complexity index is 629. The minimum Gasteiger partial charge on any atom is -0.489 e. The van der Waals surface area contributed by atoms with Crippen LogP contribution in [0.3, 0.4) is 0 Å². The summed E-state index contributed by atoms with van der Waals surface area (Å²) in [4.78, 5) is 13.7. The number of amides is 1. The van der Waals surface area contributed by atoms with Crippen molar-refractivity contribution in [1.82, 2.24) is 10.2 Å². The number of ether oxygens (including phenoxy) is 1. The number of nitrogens with one attached hydrogen (secondary N) is 1. The molecule has 1 amide bonds. The number of rotatable bonds is 5. The van der Waals surface area contributed by atoms with Crippen molar-refractivity contribution >= 4 is 5.91 Å². The van der Waals surface area contributed by atoms with Crippen LogP contribution in [0, 0.1) is 0 Å². The zero-order valence-electron chi connectivity index (χ0n) is 14.5. The van der Waals surface area contributed by atoms with Crippen LogP contribution >= 0.6 is 0 Å². The number of piperazine rings is 1. The Balaban J connectivity index is 0.00000100. The molecule has 0 aromatic heterocycles. The van der Waals surface area contributed by atoms with Crippen molar-refractivity contribution in [3.63, 3.8) is 0 Å². The highest BCUT2D eigenvalue weighted by atomic mass is 16.5. The van der Waals surface area contributed by atoms with Gasteiger partial charge >= 0.3 is 0 Å². The molecule has 1 heterocycles. The molecule has 1 aliphatic rings. The van der Waals surface area contributed by atoms with Gasteiger partial charge in [0.15, 0.2) is 0 Å². The summed E-state index contributed by atoms with van der Waals surface area (Å²) in [5, 5.41) is 3.08. The fourth-order valence-corrected chi connectivity index (χ4v) is 2.51. The number of carbonyl (C=O) groups excluding carboxylic acids is 1. The quantitative estimate of drug-likeness (QED) is 0.917. The van der Waals surface area contributed by atoms with E-state index in [4.69, 9.17) is 4.74 Å². The first-order valence-electron chi connectivity index (χ1n) is 8.55. The van der Waals surface area contributed by atoms with Gasteiger partial charge in [-0.2, -0.15) is 0 Å². The molecular formula is C20H26N2O2. The van der Waals surface area contributed by atoms with Crippen molar-refractivity contribution in [2.45, 2.75) is 27.0 Å². The van der Waals surface area contributed by atoms with Gasteiger partial charge in [0.25, 0.3) is 0 Å². The van der Waals surface area contributed by atoms with Gasteiger partial charge in [-0.3, -0.25) is 4.79 Å². The fraction of sp³-hybridized carbons (Fsp3) is 0.350. The molecule has 128 valence electrons. The third-order valence-electron chi connectivity index (χ3n) is 3.71. The van der Waals surface area contributed by atoms with Gasteiger partial charge in [0.05, 0.1) is 6.54 Å². The van der Waals surface area contributed by atoms with Gasteiger partial charge in [-0.1, -0.05) is 56.3 Å². The Labute approximate surface area is 144 Å². The highest BCUT2D eigenvalue weighted by Gasteiger charge is 2.17. The van der Waals surface area contributed by atoms with Crippen LogP contribution in [0.2, 0.25) is 0 Å². The molecular weight excluding hydrogens is 300 g/mol. The summed E-state index contributed by atoms with van der Waals surface area (Å²) in [5.41, 5.74) is 2.24. The third-order valence-corrected chi connectivity index (χ3v) is 3.71. The second-order valence-electron chi connectivity index (χ2n) is 5.41. The lowest BCUT2D eigenvalue weighted by Gasteiger charge is -2.27. The van der Waals surface area contributed by atoms with E-state index in [-0.39, 0.29) is 5.91 Å². The van der Waals surface area contributed by atoms with E-state index in [0.29, 0.717) is 19.7 Å². The molecule has 1 fully saturated rings. The van der Waals surface area contributed by atoms with Gasteiger partial charge in [-0.05, 0) is 23.3 Å². The van der Waals surface area contributed by atoms with E-state index in [1.807, 2.05) is 73.3 Å². The van der Waals surface area contributed by atoms with Crippen LogP contribution in [0.1, 0.15) is 25.0 Å². The molecule has 0 bridgehead atoms. The van der Waals surface area contributed by atoms with Crippen LogP contribution in [-0.4, -0.2) is 30.4 Å². The van der Waals surface area contributed by atoms with Crippen LogP contribution in [0.25, 0.3) is 0 Å². The second-order valence-corrected chi connectivity index (χ2v) is 5.41. The molecule has 0 spiro atoms. The fourth-order valence-electron chi connectivity index (χ4n) is 2.51. The van der Waals surface area contributed by atoms with Crippen LogP contribution in [0.5, 0.6) is 5.75 Å². The minimum atomic E-state index is 0.154. The number of hydrogen-bond acceptors (Lipinski definition) is 3. The summed E-state index contributed by atoms with van der Waals surface area (Å²) in [7, 11) is 0. The van der Waals surface area contributed by atoms with E-state index in [9.17, 15) is 4.79 Å². The largest absolute Gasteiger partial charge is 0.489 e. The monoisotopic (exact) mass is 326 g/mol. The number of hydrogen-bond donors (Lipinski definition) is 1. The Morgan fingerprint density at radius 2 is 1.79 bits per heavy atom. The maximum Gasteiger partial charge on any atom is 0.236 e. The van der Waals surface area contributed by atoms with Gasteiger partial charge in [0.2, 0.25) is 5.91 Å². The summed E-state index contributed by atoms with van der Waals surface area (Å²) < 4.78 is 5.83. The molecule has 4 nitrogen and oxygen atoms in total. The van der Waals surface area contributed by atoms with E-state index in [1.165, 1.54) is 0 Å². The standard InChI is InChI=1S/C18H20N2O2.C2H6/c21-18-12-19-9-10-20(18)13-16-7-4-8-17(11-16)22-14-15-5-2-1-3-6-15;1-2/h1-8,11,19H,9-10,12-14H2;1-2H3. The summed E-state index contributed by atoms with van der Waals surface area (Å²) in [6.45, 7) is 7.24. The van der Waals surface area contributed by atoms with Crippen molar-refractivity contribution in [2.24, 2.45) is 0 Å². The van der Waals surface area contributed by atoms with Gasteiger partial charge in [0.1, 0.15) is 12.4 Å². The maximum absolute atomic E-state index is 11.8. The number of benzene rings is 2. The van der Waals surface area contributed by atoms with Crippen molar-refractivity contribution in [2.75, 3.05) is 19.6 Å². The lowest BCUT2D eigenvalue weighted by molar-refractivity contribution is -0.132. The zero-order chi connectivity index (χ0) is 17.2. The second kappa shape index (κ2) is 9.73. The molecule has 24 heavy (non-hydrogen) atoms. The first-order valence-corrected chi connectivity index (χ1v) is 8.55. The average Bonchev–Trinajstić information content (AvgIpc) is 2.65. The molecule has 1 aliphatic heterocycles. The minimum absolute atomic E-state index is 0.154. The number of nitrogens with zero attached hydrogens (tertiary/aromatic N) is 1. The highest BCUT2D eigenvalue weighted by Crippen LogP contribution is 2.17. The van der Waals surface area contributed by atoms with Gasteiger partial charge < -0.3 is 15.0 Å². The Hall–Kier alpha value is -2.33. The lowest BCUT2D eigenvalue weighted by atomic mass is 10.2. The van der Waals surface area contributed by atoms with Crippen molar-refractivity contribution in [3.8, 4) is 5.75 Å². The lowest BCUT2D eigenvalue weighted by Crippen LogP contribution is -2.47. The first-order chi connectivity index (χ1) is 11.8. The van der Waals surface area contributed by atoms with Gasteiger partial charge in [0, 0.05) is 19.6 Å². The van der Waals surface area contributed by atoms with Crippen molar-refractivity contribution in [3.05, 3.63) is 65.7 Å². The first kappa shape index (κ1) is 18.0. The molecule has 4 heteroatoms. The molecule has 0 unspecified atom stereocenters. The predicted octanol–water partition coefficient (Wildman–Crippen LogP) is 3.22. The molecule has 0 atom stereocenters. The van der Waals surface area contributed by atoms with E-state index >= 15 is 0 Å². The molecule has 1 N–H and O–H groups in total. The normalized spacial score (nSPS) is 13.9. The van der Waals surface area contributed by atoms with Crippen LogP contribution < -0.4 is 10.1 Å². The van der Waals surface area contributed by atoms with E-state index in [2.05, 4.69) is 5.32 Å². The summed E-state index contributed by atoms with van der Waals surface area (Å²) >= 11 is 0. The average molecular weight is 326 g/mol. The summed E-state index contributed by atoms with van der Waals surface area (Å²) in [6, 6.07) is 18.1. The highest BCUT2D eigenvalue weighted by molar-refractivity contribution is 5.79. The molecule has 1 saturated heterocycles. The van der Waals surface area contributed by atoms with Gasteiger partial charge in [-0.15, -0.1) is 0 Å². The van der Waals surface area contributed by atoms with Crippen molar-refractivity contribution in [1.29, 1.82) is 0 Å². The molecule has 3 rings (SSSR count). The van der Waals surface area contributed by atoms with Crippen LogP contribution in [-0.2, 0) is 17.9 Å². The maximum atomic E-state index is 11.8. The zero-order valence-corrected chi connectivity index (χ0v) is 14.5. The van der Waals surface area contributed by atoms with Crippen molar-refractivity contribution < 1.29 is 9.53 Å². The smallest absolute Gasteiger partial charge is 0.236 e. The van der Waals surface area contributed by atoms with Crippen LogP contribution in [0.15, 0.2) is 54.6 Å². The van der Waals surface area contributed by atoms with Gasteiger partial charge in [-0.25, -0.2) is 0 Å². The third kappa shape index (κ3) is 5.39. The SMILES string of the molecule is CC.O=C1CNCCN1Cc1cccc(OCc2ccccc2)c1. The molecule has 0 aliphatic carbocycles. The van der Waals surface area contributed by atoms with E-state index < -0.39 is 0 Å². The predicted molar refractivity (Wildman–Crippen MR) is 96.9 cm³/mol. The van der Waals surface area contributed by atoms with Crippen LogP contribution in [0.4, 0.5) is 0 Å². The molecule has 0 radical (unpaired) electrons. The summed E-state index contributed by atoms with van der Waals surface area (Å²) in [5.74, 6) is 0.991.